The highest BCUT2D eigenvalue weighted by Crippen LogP contribution is 2.26. The maximum Gasteiger partial charge on any atom is 0.320 e. The monoisotopic (exact) mass is 255 g/mol. The maximum absolute atomic E-state index is 11.0. The van der Waals surface area contributed by atoms with Gasteiger partial charge in [-0.25, -0.2) is 0 Å². The first kappa shape index (κ1) is 14.0. The Kier molecular flexibility index (Phi) is 4.97. The third-order valence-corrected chi connectivity index (χ3v) is 3.32. The van der Waals surface area contributed by atoms with Crippen molar-refractivity contribution in [3.8, 4) is 0 Å². The Morgan fingerprint density at radius 1 is 1.53 bits per heavy atom. The fraction of sp³-hybridized carbons (Fsp3) is 0.462. The van der Waals surface area contributed by atoms with Gasteiger partial charge in [-0.2, -0.15) is 0 Å². The van der Waals surface area contributed by atoms with Crippen LogP contribution in [0.5, 0.6) is 0 Å². The highest BCUT2D eigenvalue weighted by atomic mass is 35.5. The van der Waals surface area contributed by atoms with Crippen LogP contribution in [0.1, 0.15) is 31.9 Å². The lowest BCUT2D eigenvalue weighted by Crippen LogP contribution is -2.38. The average Bonchev–Trinajstić information content (AvgIpc) is 2.28. The van der Waals surface area contributed by atoms with E-state index >= 15 is 0 Å². The number of halogens is 1. The topological polar surface area (TPSA) is 40.5 Å². The van der Waals surface area contributed by atoms with Gasteiger partial charge in [-0.15, -0.1) is 0 Å². The quantitative estimate of drug-likeness (QED) is 0.878. The molecule has 2 unspecified atom stereocenters. The van der Waals surface area contributed by atoms with Crippen molar-refractivity contribution in [3.05, 3.63) is 34.9 Å². The van der Waals surface area contributed by atoms with E-state index in [0.717, 1.165) is 12.0 Å². The van der Waals surface area contributed by atoms with Gasteiger partial charge in [-0.05, 0) is 38.1 Å². The summed E-state index contributed by atoms with van der Waals surface area (Å²) < 4.78 is 0. The van der Waals surface area contributed by atoms with Crippen LogP contribution in [0.25, 0.3) is 0 Å². The van der Waals surface area contributed by atoms with Crippen molar-refractivity contribution in [3.63, 3.8) is 0 Å². The lowest BCUT2D eigenvalue weighted by molar-refractivity contribution is -0.143. The summed E-state index contributed by atoms with van der Waals surface area (Å²) in [6.45, 7) is 3.73. The summed E-state index contributed by atoms with van der Waals surface area (Å²) in [5.74, 6) is -0.812. The van der Waals surface area contributed by atoms with E-state index in [0.29, 0.717) is 5.02 Å². The number of benzene rings is 1. The molecule has 0 aliphatic carbocycles. The van der Waals surface area contributed by atoms with Crippen LogP contribution in [0.3, 0.4) is 0 Å². The second kappa shape index (κ2) is 6.03. The molecule has 1 aromatic rings. The molecule has 0 saturated carbocycles. The number of likely N-dealkylation sites (N-methyl/N-ethyl adjacent to an activating group) is 1. The molecule has 0 aliphatic rings. The molecule has 17 heavy (non-hydrogen) atoms. The van der Waals surface area contributed by atoms with Gasteiger partial charge in [0, 0.05) is 11.1 Å². The van der Waals surface area contributed by atoms with Crippen molar-refractivity contribution in [2.24, 2.45) is 0 Å². The zero-order valence-corrected chi connectivity index (χ0v) is 11.1. The summed E-state index contributed by atoms with van der Waals surface area (Å²) in [5.41, 5.74) is 1.05. The summed E-state index contributed by atoms with van der Waals surface area (Å²) >= 11 is 5.96. The van der Waals surface area contributed by atoms with Crippen LogP contribution >= 0.6 is 11.6 Å². The van der Waals surface area contributed by atoms with Crippen LogP contribution in [0.4, 0.5) is 0 Å². The van der Waals surface area contributed by atoms with Gasteiger partial charge in [-0.1, -0.05) is 30.7 Å². The van der Waals surface area contributed by atoms with E-state index in [4.69, 9.17) is 16.7 Å². The van der Waals surface area contributed by atoms with Gasteiger partial charge in [0.25, 0.3) is 0 Å². The zero-order chi connectivity index (χ0) is 13.0. The molecule has 0 heterocycles. The predicted molar refractivity (Wildman–Crippen MR) is 69.3 cm³/mol. The summed E-state index contributed by atoms with van der Waals surface area (Å²) in [4.78, 5) is 12.8. The van der Waals surface area contributed by atoms with Crippen LogP contribution in [0.2, 0.25) is 5.02 Å². The predicted octanol–water partition coefficient (Wildman–Crippen LogP) is 3.20. The highest BCUT2D eigenvalue weighted by Gasteiger charge is 2.24. The second-order valence-corrected chi connectivity index (χ2v) is 4.60. The van der Waals surface area contributed by atoms with E-state index in [1.165, 1.54) is 0 Å². The normalized spacial score (nSPS) is 14.6. The highest BCUT2D eigenvalue weighted by molar-refractivity contribution is 6.30. The van der Waals surface area contributed by atoms with E-state index in [-0.39, 0.29) is 6.04 Å². The summed E-state index contributed by atoms with van der Waals surface area (Å²) in [6, 6.07) is 7.13. The van der Waals surface area contributed by atoms with Gasteiger partial charge < -0.3 is 5.11 Å². The molecule has 3 nitrogen and oxygen atoms in total. The average molecular weight is 256 g/mol. The van der Waals surface area contributed by atoms with Crippen molar-refractivity contribution in [2.45, 2.75) is 32.4 Å². The molecule has 0 fully saturated rings. The molecule has 0 spiro atoms. The van der Waals surface area contributed by atoms with E-state index in [2.05, 4.69) is 0 Å². The Balaban J connectivity index is 2.95. The molecule has 4 heteroatoms. The fourth-order valence-electron chi connectivity index (χ4n) is 1.92. The maximum atomic E-state index is 11.0. The van der Waals surface area contributed by atoms with Crippen LogP contribution in [-0.2, 0) is 4.79 Å². The minimum atomic E-state index is -0.812. The number of carboxylic acid groups (broad SMARTS) is 1. The van der Waals surface area contributed by atoms with Crippen molar-refractivity contribution >= 4 is 17.6 Å². The largest absolute Gasteiger partial charge is 0.480 e. The van der Waals surface area contributed by atoms with Crippen LogP contribution in [0, 0.1) is 0 Å². The molecule has 0 amide bonds. The van der Waals surface area contributed by atoms with Gasteiger partial charge in [-0.3, -0.25) is 9.69 Å². The minimum absolute atomic E-state index is 0.0693. The lowest BCUT2D eigenvalue weighted by Gasteiger charge is -2.30. The summed E-state index contributed by atoms with van der Waals surface area (Å²) in [7, 11) is 1.83. The number of hydrogen-bond acceptors (Lipinski definition) is 2. The molecule has 0 aromatic heterocycles. The van der Waals surface area contributed by atoms with Gasteiger partial charge >= 0.3 is 5.97 Å². The molecule has 2 atom stereocenters. The molecule has 1 N–H and O–H groups in total. The molecule has 0 saturated heterocycles. The minimum Gasteiger partial charge on any atom is -0.480 e. The number of rotatable bonds is 5. The zero-order valence-electron chi connectivity index (χ0n) is 10.4. The van der Waals surface area contributed by atoms with Gasteiger partial charge in [0.15, 0.2) is 0 Å². The Labute approximate surface area is 107 Å². The van der Waals surface area contributed by atoms with Crippen molar-refractivity contribution < 1.29 is 9.90 Å². The van der Waals surface area contributed by atoms with Crippen molar-refractivity contribution in [1.82, 2.24) is 4.90 Å². The van der Waals surface area contributed by atoms with Gasteiger partial charge in [0.1, 0.15) is 6.04 Å². The summed E-state index contributed by atoms with van der Waals surface area (Å²) in [6.07, 6.45) is 0.842. The molecule has 0 radical (unpaired) electrons. The first-order valence-electron chi connectivity index (χ1n) is 5.67. The molecule has 0 aliphatic heterocycles. The van der Waals surface area contributed by atoms with Crippen molar-refractivity contribution in [1.29, 1.82) is 0 Å². The van der Waals surface area contributed by atoms with E-state index in [9.17, 15) is 4.79 Å². The molecule has 1 aromatic carbocycles. The molecule has 94 valence electrons. The van der Waals surface area contributed by atoms with Gasteiger partial charge in [0.2, 0.25) is 0 Å². The van der Waals surface area contributed by atoms with Gasteiger partial charge in [0.05, 0.1) is 0 Å². The Bertz CT molecular complexity index is 395. The SMILES string of the molecule is CCC(c1cccc(Cl)c1)N(C)C(C)C(=O)O. The smallest absolute Gasteiger partial charge is 0.320 e. The second-order valence-electron chi connectivity index (χ2n) is 4.16. The Morgan fingerprint density at radius 2 is 2.18 bits per heavy atom. The molecular weight excluding hydrogens is 238 g/mol. The van der Waals surface area contributed by atoms with E-state index < -0.39 is 12.0 Å². The van der Waals surface area contributed by atoms with E-state index in [1.807, 2.05) is 43.1 Å². The number of hydrogen-bond donors (Lipinski definition) is 1. The van der Waals surface area contributed by atoms with Crippen LogP contribution in [-0.4, -0.2) is 29.1 Å². The third-order valence-electron chi connectivity index (χ3n) is 3.08. The molecule has 0 bridgehead atoms. The van der Waals surface area contributed by atoms with E-state index in [1.54, 1.807) is 6.92 Å². The Hall–Kier alpha value is -1.06. The Morgan fingerprint density at radius 3 is 2.65 bits per heavy atom. The molecule has 1 rings (SSSR count). The van der Waals surface area contributed by atoms with Crippen LogP contribution in [0.15, 0.2) is 24.3 Å². The molecular formula is C13H18ClNO2. The number of aliphatic carboxylic acids is 1. The fourth-order valence-corrected chi connectivity index (χ4v) is 2.12. The lowest BCUT2D eigenvalue weighted by atomic mass is 10.0. The first-order chi connectivity index (χ1) is 7.97. The van der Waals surface area contributed by atoms with Crippen molar-refractivity contribution in [2.75, 3.05) is 7.05 Å². The standard InChI is InChI=1S/C13H18ClNO2/c1-4-12(15(3)9(2)13(16)17)10-6-5-7-11(14)8-10/h5-9,12H,4H2,1-3H3,(H,16,17). The third kappa shape index (κ3) is 3.45. The number of carbonyl (C=O) groups is 1. The number of nitrogens with zero attached hydrogens (tertiary/aromatic N) is 1. The summed E-state index contributed by atoms with van der Waals surface area (Å²) in [5, 5.41) is 9.71. The number of carboxylic acids is 1. The van der Waals surface area contributed by atoms with Crippen LogP contribution < -0.4 is 0 Å². The first-order valence-corrected chi connectivity index (χ1v) is 6.05.